The molecule has 0 aromatic carbocycles. The van der Waals surface area contributed by atoms with Crippen LogP contribution in [0.1, 0.15) is 25.3 Å². The summed E-state index contributed by atoms with van der Waals surface area (Å²) < 4.78 is 0. The van der Waals surface area contributed by atoms with E-state index in [0.717, 1.165) is 5.56 Å². The van der Waals surface area contributed by atoms with Gasteiger partial charge in [0.1, 0.15) is 10.8 Å². The SMILES string of the molecule is CC(C)c1ccc(Cl)nc1-c1nn[nH]n1. The zero-order valence-electron chi connectivity index (χ0n) is 8.40. The van der Waals surface area contributed by atoms with Crippen LogP contribution < -0.4 is 0 Å². The van der Waals surface area contributed by atoms with E-state index in [2.05, 4.69) is 39.5 Å². The molecule has 78 valence electrons. The van der Waals surface area contributed by atoms with Gasteiger partial charge >= 0.3 is 0 Å². The molecule has 0 saturated heterocycles. The zero-order valence-corrected chi connectivity index (χ0v) is 9.15. The van der Waals surface area contributed by atoms with E-state index in [1.807, 2.05) is 6.07 Å². The van der Waals surface area contributed by atoms with Gasteiger partial charge in [0.2, 0.25) is 5.82 Å². The number of pyridine rings is 1. The predicted octanol–water partition coefficient (Wildman–Crippen LogP) is 2.04. The van der Waals surface area contributed by atoms with Gasteiger partial charge in [-0.05, 0) is 22.8 Å². The van der Waals surface area contributed by atoms with Gasteiger partial charge in [-0.15, -0.1) is 10.2 Å². The summed E-state index contributed by atoms with van der Waals surface area (Å²) in [4.78, 5) is 4.22. The second-order valence-electron chi connectivity index (χ2n) is 3.46. The minimum Gasteiger partial charge on any atom is -0.232 e. The van der Waals surface area contributed by atoms with Gasteiger partial charge in [0.05, 0.1) is 0 Å². The molecule has 0 radical (unpaired) electrons. The molecule has 0 bridgehead atoms. The van der Waals surface area contributed by atoms with E-state index < -0.39 is 0 Å². The van der Waals surface area contributed by atoms with Gasteiger partial charge < -0.3 is 0 Å². The second kappa shape index (κ2) is 3.94. The first kappa shape index (κ1) is 10.0. The van der Waals surface area contributed by atoms with Gasteiger partial charge in [-0.25, -0.2) is 4.98 Å². The lowest BCUT2D eigenvalue weighted by molar-refractivity contribution is 0.858. The van der Waals surface area contributed by atoms with Crippen LogP contribution in [0.3, 0.4) is 0 Å². The maximum atomic E-state index is 5.84. The minimum atomic E-state index is 0.336. The van der Waals surface area contributed by atoms with Gasteiger partial charge in [0.25, 0.3) is 0 Å². The van der Waals surface area contributed by atoms with Crippen LogP contribution >= 0.6 is 11.6 Å². The topological polar surface area (TPSA) is 67.3 Å². The number of aromatic amines is 1. The summed E-state index contributed by atoms with van der Waals surface area (Å²) >= 11 is 5.84. The lowest BCUT2D eigenvalue weighted by atomic mass is 10.0. The predicted molar refractivity (Wildman–Crippen MR) is 56.5 cm³/mol. The van der Waals surface area contributed by atoms with E-state index in [0.29, 0.717) is 22.6 Å². The quantitative estimate of drug-likeness (QED) is 0.792. The van der Waals surface area contributed by atoms with Crippen LogP contribution in [-0.4, -0.2) is 25.6 Å². The summed E-state index contributed by atoms with van der Waals surface area (Å²) in [7, 11) is 0. The molecule has 0 saturated carbocycles. The van der Waals surface area contributed by atoms with Crippen LogP contribution in [0.5, 0.6) is 0 Å². The highest BCUT2D eigenvalue weighted by Crippen LogP contribution is 2.25. The molecule has 2 rings (SSSR count). The minimum absolute atomic E-state index is 0.336. The number of nitrogens with one attached hydrogen (secondary N) is 1. The van der Waals surface area contributed by atoms with Gasteiger partial charge in [-0.2, -0.15) is 5.21 Å². The maximum Gasteiger partial charge on any atom is 0.223 e. The van der Waals surface area contributed by atoms with Crippen molar-refractivity contribution in [3.05, 3.63) is 22.8 Å². The summed E-state index contributed by atoms with van der Waals surface area (Å²) in [5.41, 5.74) is 1.74. The number of rotatable bonds is 2. The van der Waals surface area contributed by atoms with Gasteiger partial charge in [0, 0.05) is 0 Å². The number of halogens is 1. The van der Waals surface area contributed by atoms with Crippen molar-refractivity contribution < 1.29 is 0 Å². The summed E-state index contributed by atoms with van der Waals surface area (Å²) in [6.07, 6.45) is 0. The Balaban J connectivity index is 2.58. The summed E-state index contributed by atoms with van der Waals surface area (Å²) in [6, 6.07) is 3.70. The summed E-state index contributed by atoms with van der Waals surface area (Å²) in [5, 5.41) is 14.1. The van der Waals surface area contributed by atoms with Crippen molar-refractivity contribution in [2.75, 3.05) is 0 Å². The first-order valence-electron chi connectivity index (χ1n) is 4.58. The van der Waals surface area contributed by atoms with Crippen LogP contribution in [0.4, 0.5) is 0 Å². The van der Waals surface area contributed by atoms with Crippen LogP contribution in [-0.2, 0) is 0 Å². The first-order valence-corrected chi connectivity index (χ1v) is 4.96. The number of hydrogen-bond acceptors (Lipinski definition) is 4. The molecule has 0 amide bonds. The van der Waals surface area contributed by atoms with Crippen molar-refractivity contribution in [2.45, 2.75) is 19.8 Å². The van der Waals surface area contributed by atoms with E-state index in [1.165, 1.54) is 0 Å². The average molecular weight is 224 g/mol. The van der Waals surface area contributed by atoms with E-state index in [4.69, 9.17) is 11.6 Å². The van der Waals surface area contributed by atoms with Gasteiger partial charge in [-0.1, -0.05) is 31.5 Å². The Morgan fingerprint density at radius 1 is 1.33 bits per heavy atom. The van der Waals surface area contributed by atoms with Crippen LogP contribution in [0.2, 0.25) is 5.15 Å². The molecule has 0 spiro atoms. The third kappa shape index (κ3) is 1.97. The summed E-state index contributed by atoms with van der Waals surface area (Å²) in [5.74, 6) is 0.810. The highest BCUT2D eigenvalue weighted by atomic mass is 35.5. The van der Waals surface area contributed by atoms with Crippen molar-refractivity contribution in [1.82, 2.24) is 25.6 Å². The van der Waals surface area contributed by atoms with Crippen molar-refractivity contribution in [2.24, 2.45) is 0 Å². The number of tetrazole rings is 1. The molecule has 0 aliphatic rings. The molecule has 1 N–H and O–H groups in total. The standard InChI is InChI=1S/C9H10ClN5/c1-5(2)6-3-4-7(10)11-8(6)9-12-14-15-13-9/h3-5H,1-2H3,(H,12,13,14,15). The fourth-order valence-corrected chi connectivity index (χ4v) is 1.50. The monoisotopic (exact) mass is 223 g/mol. The van der Waals surface area contributed by atoms with E-state index in [-0.39, 0.29) is 0 Å². The normalized spacial score (nSPS) is 10.9. The number of nitrogens with zero attached hydrogens (tertiary/aromatic N) is 4. The molecule has 5 nitrogen and oxygen atoms in total. The lowest BCUT2D eigenvalue weighted by Gasteiger charge is -2.08. The number of hydrogen-bond donors (Lipinski definition) is 1. The molecule has 2 heterocycles. The Hall–Kier alpha value is -1.49. The fourth-order valence-electron chi connectivity index (χ4n) is 1.35. The van der Waals surface area contributed by atoms with Crippen molar-refractivity contribution in [3.8, 4) is 11.5 Å². The highest BCUT2D eigenvalue weighted by Gasteiger charge is 2.14. The first-order chi connectivity index (χ1) is 7.18. The van der Waals surface area contributed by atoms with E-state index >= 15 is 0 Å². The van der Waals surface area contributed by atoms with Crippen molar-refractivity contribution in [1.29, 1.82) is 0 Å². The van der Waals surface area contributed by atoms with Crippen molar-refractivity contribution >= 4 is 11.6 Å². The molecular formula is C9H10ClN5. The molecule has 6 heteroatoms. The third-order valence-electron chi connectivity index (χ3n) is 2.07. The molecule has 0 aliphatic heterocycles. The lowest BCUT2D eigenvalue weighted by Crippen LogP contribution is -1.97. The number of aromatic nitrogens is 5. The van der Waals surface area contributed by atoms with Crippen molar-refractivity contribution in [3.63, 3.8) is 0 Å². The maximum absolute atomic E-state index is 5.84. The summed E-state index contributed by atoms with van der Waals surface area (Å²) in [6.45, 7) is 4.16. The Labute approximate surface area is 91.9 Å². The molecule has 2 aromatic heterocycles. The Kier molecular flexibility index (Phi) is 2.64. The molecule has 0 unspecified atom stereocenters. The number of H-pyrrole nitrogens is 1. The smallest absolute Gasteiger partial charge is 0.223 e. The molecule has 0 atom stereocenters. The average Bonchev–Trinajstić information content (AvgIpc) is 2.69. The van der Waals surface area contributed by atoms with Crippen LogP contribution in [0.25, 0.3) is 11.5 Å². The Morgan fingerprint density at radius 3 is 2.73 bits per heavy atom. The van der Waals surface area contributed by atoms with E-state index in [1.54, 1.807) is 6.07 Å². The Morgan fingerprint density at radius 2 is 2.13 bits per heavy atom. The molecular weight excluding hydrogens is 214 g/mol. The zero-order chi connectivity index (χ0) is 10.8. The van der Waals surface area contributed by atoms with Gasteiger partial charge in [-0.3, -0.25) is 0 Å². The highest BCUT2D eigenvalue weighted by molar-refractivity contribution is 6.29. The molecule has 15 heavy (non-hydrogen) atoms. The molecule has 2 aromatic rings. The largest absolute Gasteiger partial charge is 0.232 e. The van der Waals surface area contributed by atoms with Crippen LogP contribution in [0, 0.1) is 0 Å². The van der Waals surface area contributed by atoms with E-state index in [9.17, 15) is 0 Å². The molecule has 0 fully saturated rings. The molecule has 0 aliphatic carbocycles. The van der Waals surface area contributed by atoms with Gasteiger partial charge in [0.15, 0.2) is 0 Å². The fraction of sp³-hybridized carbons (Fsp3) is 0.333. The second-order valence-corrected chi connectivity index (χ2v) is 3.85. The Bertz CT molecular complexity index is 452. The van der Waals surface area contributed by atoms with Crippen LogP contribution in [0.15, 0.2) is 12.1 Å². The third-order valence-corrected chi connectivity index (χ3v) is 2.28.